The van der Waals surface area contributed by atoms with Gasteiger partial charge in [0.25, 0.3) is 0 Å². The molecule has 1 unspecified atom stereocenters. The van der Waals surface area contributed by atoms with E-state index in [1.165, 1.54) is 16.9 Å². The van der Waals surface area contributed by atoms with Crippen molar-refractivity contribution in [2.75, 3.05) is 0 Å². The molecule has 2 rings (SSSR count). The first kappa shape index (κ1) is 13.4. The number of nitrogens with two attached hydrogens (primary N) is 1. The van der Waals surface area contributed by atoms with Crippen molar-refractivity contribution in [2.24, 2.45) is 5.73 Å². The van der Waals surface area contributed by atoms with Crippen LogP contribution in [-0.4, -0.2) is 0 Å². The van der Waals surface area contributed by atoms with Crippen LogP contribution in [0.15, 0.2) is 34.8 Å². The van der Waals surface area contributed by atoms with Crippen LogP contribution in [0.5, 0.6) is 0 Å². The minimum Gasteiger partial charge on any atom is -0.324 e. The summed E-state index contributed by atoms with van der Waals surface area (Å²) in [6, 6.07) is 9.83. The molecule has 17 heavy (non-hydrogen) atoms. The van der Waals surface area contributed by atoms with E-state index in [4.69, 9.17) is 28.9 Å². The number of hydrogen-bond acceptors (Lipinski definition) is 2. The number of thiophene rings is 1. The summed E-state index contributed by atoms with van der Waals surface area (Å²) in [7, 11) is 0. The smallest absolute Gasteiger partial charge is 0.0992 e. The van der Waals surface area contributed by atoms with Gasteiger partial charge in [0.1, 0.15) is 0 Å². The highest BCUT2D eigenvalue weighted by Crippen LogP contribution is 2.35. The second kappa shape index (κ2) is 5.72. The van der Waals surface area contributed by atoms with E-state index in [2.05, 4.69) is 15.9 Å². The molecule has 90 valence electrons. The third-order valence-electron chi connectivity index (χ3n) is 2.45. The molecule has 0 radical (unpaired) electrons. The van der Waals surface area contributed by atoms with E-state index >= 15 is 0 Å². The van der Waals surface area contributed by atoms with Gasteiger partial charge in [0.2, 0.25) is 0 Å². The zero-order valence-corrected chi connectivity index (χ0v) is 12.7. The lowest BCUT2D eigenvalue weighted by atomic mass is 10.0. The van der Waals surface area contributed by atoms with Gasteiger partial charge < -0.3 is 5.73 Å². The molecular weight excluding hydrogens is 341 g/mol. The summed E-state index contributed by atoms with van der Waals surface area (Å²) in [5.74, 6) is 0. The fraction of sp³-hybridized carbons (Fsp3) is 0.167. The Bertz CT molecular complexity index is 510. The van der Waals surface area contributed by atoms with Crippen LogP contribution in [0.25, 0.3) is 0 Å². The molecule has 0 bridgehead atoms. The fourth-order valence-corrected chi connectivity index (χ4v) is 3.45. The molecule has 5 heteroatoms. The summed E-state index contributed by atoms with van der Waals surface area (Å²) in [5.41, 5.74) is 8.23. The van der Waals surface area contributed by atoms with E-state index in [1.807, 2.05) is 30.3 Å². The Morgan fingerprint density at radius 1 is 1.24 bits per heavy atom. The van der Waals surface area contributed by atoms with E-state index in [9.17, 15) is 0 Å². The molecule has 0 fully saturated rings. The van der Waals surface area contributed by atoms with Crippen LogP contribution < -0.4 is 5.73 Å². The maximum absolute atomic E-state index is 6.13. The lowest BCUT2D eigenvalue weighted by Gasteiger charge is -2.10. The minimum absolute atomic E-state index is 0.118. The van der Waals surface area contributed by atoms with Gasteiger partial charge in [-0.15, -0.1) is 11.3 Å². The summed E-state index contributed by atoms with van der Waals surface area (Å²) >= 11 is 16.7. The lowest BCUT2D eigenvalue weighted by Crippen LogP contribution is -2.12. The first-order chi connectivity index (χ1) is 8.06. The molecule has 1 aromatic carbocycles. The second-order valence-corrected chi connectivity index (χ2v) is 6.92. The van der Waals surface area contributed by atoms with Crippen molar-refractivity contribution in [2.45, 2.75) is 12.5 Å². The van der Waals surface area contributed by atoms with Crippen LogP contribution >= 0.6 is 50.5 Å². The Hall–Kier alpha value is -0.0600. The average molecular weight is 351 g/mol. The van der Waals surface area contributed by atoms with Gasteiger partial charge >= 0.3 is 0 Å². The molecule has 0 aliphatic carbocycles. The molecule has 0 aliphatic rings. The molecule has 0 saturated carbocycles. The zero-order chi connectivity index (χ0) is 12.4. The Morgan fingerprint density at radius 2 is 1.88 bits per heavy atom. The normalized spacial score (nSPS) is 12.7. The van der Waals surface area contributed by atoms with Crippen molar-refractivity contribution in [1.29, 1.82) is 0 Å². The molecule has 1 atom stereocenters. The predicted octanol–water partition coefficient (Wildman–Crippen LogP) is 5.06. The van der Waals surface area contributed by atoms with Crippen LogP contribution in [0.2, 0.25) is 8.67 Å². The summed E-state index contributed by atoms with van der Waals surface area (Å²) in [4.78, 5) is 0. The van der Waals surface area contributed by atoms with Crippen molar-refractivity contribution >= 4 is 50.5 Å². The van der Waals surface area contributed by atoms with E-state index < -0.39 is 0 Å². The fourth-order valence-electron chi connectivity index (χ4n) is 1.59. The van der Waals surface area contributed by atoms with Crippen molar-refractivity contribution in [3.63, 3.8) is 0 Å². The van der Waals surface area contributed by atoms with Crippen LogP contribution in [0.3, 0.4) is 0 Å². The molecule has 2 N–H and O–H groups in total. The van der Waals surface area contributed by atoms with Crippen LogP contribution in [-0.2, 0) is 6.42 Å². The maximum Gasteiger partial charge on any atom is 0.0992 e. The summed E-state index contributed by atoms with van der Waals surface area (Å²) in [6.45, 7) is 0. The van der Waals surface area contributed by atoms with E-state index in [1.54, 1.807) is 0 Å². The van der Waals surface area contributed by atoms with Gasteiger partial charge in [-0.2, -0.15) is 0 Å². The van der Waals surface area contributed by atoms with Gasteiger partial charge in [0.05, 0.1) is 8.67 Å². The Labute approximate surface area is 123 Å². The Kier molecular flexibility index (Phi) is 4.50. The van der Waals surface area contributed by atoms with E-state index in [0.29, 0.717) is 8.67 Å². The highest BCUT2D eigenvalue weighted by molar-refractivity contribution is 9.10. The van der Waals surface area contributed by atoms with Crippen molar-refractivity contribution in [1.82, 2.24) is 0 Å². The number of rotatable bonds is 3. The first-order valence-corrected chi connectivity index (χ1v) is 7.37. The van der Waals surface area contributed by atoms with Crippen LogP contribution in [0.1, 0.15) is 17.2 Å². The van der Waals surface area contributed by atoms with Gasteiger partial charge in [-0.05, 0) is 30.2 Å². The largest absolute Gasteiger partial charge is 0.324 e. The molecule has 0 spiro atoms. The highest BCUT2D eigenvalue weighted by atomic mass is 79.9. The summed E-state index contributed by atoms with van der Waals surface area (Å²) in [6.07, 6.45) is 0.750. The Morgan fingerprint density at radius 3 is 2.41 bits per heavy atom. The second-order valence-electron chi connectivity index (χ2n) is 3.72. The highest BCUT2D eigenvalue weighted by Gasteiger charge is 2.14. The Balaban J connectivity index is 2.14. The molecule has 1 nitrogen and oxygen atoms in total. The SMILES string of the molecule is NC(Cc1ccc(Br)cc1)c1cc(Cl)sc1Cl. The lowest BCUT2D eigenvalue weighted by molar-refractivity contribution is 0.725. The van der Waals surface area contributed by atoms with Gasteiger partial charge in [-0.25, -0.2) is 0 Å². The van der Waals surface area contributed by atoms with E-state index in [-0.39, 0.29) is 6.04 Å². The molecule has 1 aromatic heterocycles. The van der Waals surface area contributed by atoms with Gasteiger partial charge in [0, 0.05) is 16.1 Å². The number of halogens is 3. The molecule has 0 aliphatic heterocycles. The monoisotopic (exact) mass is 349 g/mol. The summed E-state index contributed by atoms with van der Waals surface area (Å²) in [5, 5.41) is 0. The summed E-state index contributed by atoms with van der Waals surface area (Å²) < 4.78 is 2.42. The first-order valence-electron chi connectivity index (χ1n) is 5.01. The predicted molar refractivity (Wildman–Crippen MR) is 79.1 cm³/mol. The molecular formula is C12H10BrCl2NS. The van der Waals surface area contributed by atoms with Crippen LogP contribution in [0.4, 0.5) is 0 Å². The zero-order valence-electron chi connectivity index (χ0n) is 8.79. The number of hydrogen-bond donors (Lipinski definition) is 1. The van der Waals surface area contributed by atoms with Gasteiger partial charge in [-0.1, -0.05) is 51.3 Å². The maximum atomic E-state index is 6.13. The third kappa shape index (κ3) is 3.46. The molecule has 1 heterocycles. The quantitative estimate of drug-likeness (QED) is 0.822. The van der Waals surface area contributed by atoms with Crippen molar-refractivity contribution in [3.05, 3.63) is 54.6 Å². The molecule has 0 amide bonds. The number of benzene rings is 1. The van der Waals surface area contributed by atoms with Crippen molar-refractivity contribution in [3.8, 4) is 0 Å². The van der Waals surface area contributed by atoms with Crippen molar-refractivity contribution < 1.29 is 0 Å². The molecule has 2 aromatic rings. The molecule has 0 saturated heterocycles. The van der Waals surface area contributed by atoms with Crippen LogP contribution in [0, 0.1) is 0 Å². The average Bonchev–Trinajstić information content (AvgIpc) is 2.61. The topological polar surface area (TPSA) is 26.0 Å². The standard InChI is InChI=1S/C12H10BrCl2NS/c13-8-3-1-7(2-4-8)5-10(16)9-6-11(14)17-12(9)15/h1-4,6,10H,5,16H2. The van der Waals surface area contributed by atoms with E-state index in [0.717, 1.165) is 16.5 Å². The van der Waals surface area contributed by atoms with Gasteiger partial charge in [0.15, 0.2) is 0 Å². The minimum atomic E-state index is -0.118. The third-order valence-corrected chi connectivity index (χ3v) is 4.50. The van der Waals surface area contributed by atoms with Gasteiger partial charge in [-0.3, -0.25) is 0 Å².